The predicted molar refractivity (Wildman–Crippen MR) is 95.4 cm³/mol. The van der Waals surface area contributed by atoms with E-state index in [4.69, 9.17) is 11.6 Å². The number of halogens is 1. The standard InChI is InChI=1S/C16H13ClN4O2S/c1-20(2)8-13(14(22)15-18-5-6-24-15)21-9-19-12-7-10(17)3-4-11(12)16(21)23/h3-9H,1-2H3/b13-8-. The Morgan fingerprint density at radius 2 is 2.12 bits per heavy atom. The monoisotopic (exact) mass is 360 g/mol. The van der Waals surface area contributed by atoms with Gasteiger partial charge in [0.15, 0.2) is 5.01 Å². The third-order valence-corrected chi connectivity index (χ3v) is 4.23. The quantitative estimate of drug-likeness (QED) is 0.528. The SMILES string of the molecule is CN(C)/C=C(/C(=O)c1nccs1)n1cnc2cc(Cl)ccc2c1=O. The zero-order valence-electron chi connectivity index (χ0n) is 12.9. The Morgan fingerprint density at radius 1 is 1.33 bits per heavy atom. The van der Waals surface area contributed by atoms with Gasteiger partial charge in [-0.15, -0.1) is 11.3 Å². The van der Waals surface area contributed by atoms with Gasteiger partial charge in [-0.3, -0.25) is 14.2 Å². The number of fused-ring (bicyclic) bond motifs is 1. The molecule has 2 aromatic heterocycles. The van der Waals surface area contributed by atoms with Crippen LogP contribution in [-0.4, -0.2) is 39.3 Å². The van der Waals surface area contributed by atoms with Gasteiger partial charge in [0.2, 0.25) is 5.78 Å². The number of carbonyl (C=O) groups is 1. The van der Waals surface area contributed by atoms with Gasteiger partial charge in [0.1, 0.15) is 12.0 Å². The second-order valence-electron chi connectivity index (χ2n) is 5.23. The number of allylic oxidation sites excluding steroid dienone is 1. The summed E-state index contributed by atoms with van der Waals surface area (Å²) >= 11 is 7.15. The number of benzene rings is 1. The number of thiazole rings is 1. The number of nitrogens with zero attached hydrogens (tertiary/aromatic N) is 4. The Morgan fingerprint density at radius 3 is 2.79 bits per heavy atom. The second-order valence-corrected chi connectivity index (χ2v) is 6.56. The number of rotatable bonds is 4. The minimum atomic E-state index is -0.338. The predicted octanol–water partition coefficient (Wildman–Crippen LogP) is 2.75. The fourth-order valence-electron chi connectivity index (χ4n) is 2.19. The lowest BCUT2D eigenvalue weighted by molar-refractivity contribution is 0.104. The van der Waals surface area contributed by atoms with Crippen molar-refractivity contribution in [2.75, 3.05) is 14.1 Å². The molecule has 0 saturated carbocycles. The van der Waals surface area contributed by atoms with Crippen molar-refractivity contribution in [1.82, 2.24) is 19.4 Å². The van der Waals surface area contributed by atoms with Gasteiger partial charge >= 0.3 is 0 Å². The topological polar surface area (TPSA) is 68.1 Å². The van der Waals surface area contributed by atoms with Crippen LogP contribution in [0.1, 0.15) is 9.80 Å². The van der Waals surface area contributed by atoms with Crippen molar-refractivity contribution in [2.45, 2.75) is 0 Å². The van der Waals surface area contributed by atoms with Crippen LogP contribution in [0.2, 0.25) is 5.02 Å². The molecular weight excluding hydrogens is 348 g/mol. The summed E-state index contributed by atoms with van der Waals surface area (Å²) < 4.78 is 1.24. The van der Waals surface area contributed by atoms with Gasteiger partial charge in [-0.1, -0.05) is 11.6 Å². The highest BCUT2D eigenvalue weighted by Gasteiger charge is 2.19. The maximum absolute atomic E-state index is 12.8. The van der Waals surface area contributed by atoms with Gasteiger partial charge in [-0.2, -0.15) is 0 Å². The van der Waals surface area contributed by atoms with E-state index < -0.39 is 0 Å². The van der Waals surface area contributed by atoms with E-state index in [0.29, 0.717) is 20.9 Å². The summed E-state index contributed by atoms with van der Waals surface area (Å²) in [6, 6.07) is 4.83. The highest BCUT2D eigenvalue weighted by Crippen LogP contribution is 2.18. The van der Waals surface area contributed by atoms with Gasteiger partial charge < -0.3 is 4.90 Å². The van der Waals surface area contributed by atoms with Crippen LogP contribution in [0.3, 0.4) is 0 Å². The molecule has 3 aromatic rings. The summed E-state index contributed by atoms with van der Waals surface area (Å²) in [5.74, 6) is -0.337. The van der Waals surface area contributed by atoms with Crippen molar-refractivity contribution in [3.05, 3.63) is 62.7 Å². The van der Waals surface area contributed by atoms with E-state index >= 15 is 0 Å². The van der Waals surface area contributed by atoms with Crippen LogP contribution in [0.25, 0.3) is 16.6 Å². The number of Topliss-reactive ketones (excluding diaryl/α,β-unsaturated/α-hetero) is 1. The molecule has 8 heteroatoms. The maximum atomic E-state index is 12.8. The van der Waals surface area contributed by atoms with E-state index in [1.165, 1.54) is 22.2 Å². The zero-order valence-corrected chi connectivity index (χ0v) is 14.5. The third-order valence-electron chi connectivity index (χ3n) is 3.22. The summed E-state index contributed by atoms with van der Waals surface area (Å²) in [7, 11) is 3.54. The van der Waals surface area contributed by atoms with Crippen LogP contribution in [0.4, 0.5) is 0 Å². The number of aromatic nitrogens is 3. The minimum Gasteiger partial charge on any atom is -0.382 e. The minimum absolute atomic E-state index is 0.185. The molecule has 2 heterocycles. The Balaban J connectivity index is 2.20. The Bertz CT molecular complexity index is 993. The van der Waals surface area contributed by atoms with E-state index in [1.807, 2.05) is 0 Å². The largest absolute Gasteiger partial charge is 0.382 e. The van der Waals surface area contributed by atoms with E-state index in [-0.39, 0.29) is 17.0 Å². The molecule has 0 N–H and O–H groups in total. The van der Waals surface area contributed by atoms with Crippen molar-refractivity contribution in [1.29, 1.82) is 0 Å². The summed E-state index contributed by atoms with van der Waals surface area (Å²) in [6.07, 6.45) is 4.46. The van der Waals surface area contributed by atoms with Gasteiger partial charge in [-0.05, 0) is 18.2 Å². The number of hydrogen-bond acceptors (Lipinski definition) is 6. The van der Waals surface area contributed by atoms with Crippen LogP contribution in [0.15, 0.2) is 47.1 Å². The summed E-state index contributed by atoms with van der Waals surface area (Å²) in [5.41, 5.74) is 0.327. The first kappa shape index (κ1) is 16.4. The van der Waals surface area contributed by atoms with Crippen molar-refractivity contribution < 1.29 is 4.79 Å². The first-order valence-corrected chi connectivity index (χ1v) is 8.23. The summed E-state index contributed by atoms with van der Waals surface area (Å²) in [4.78, 5) is 35.5. The second kappa shape index (κ2) is 6.54. The molecule has 0 amide bonds. The molecule has 0 atom stereocenters. The average Bonchev–Trinajstić information content (AvgIpc) is 3.07. The molecule has 0 aliphatic carbocycles. The highest BCUT2D eigenvalue weighted by atomic mass is 35.5. The van der Waals surface area contributed by atoms with Crippen molar-refractivity contribution in [3.63, 3.8) is 0 Å². The molecule has 0 aliphatic heterocycles. The molecule has 0 saturated heterocycles. The van der Waals surface area contributed by atoms with E-state index in [0.717, 1.165) is 0 Å². The molecule has 3 rings (SSSR count). The molecule has 1 aromatic carbocycles. The molecular formula is C16H13ClN4O2S. The molecule has 0 bridgehead atoms. The molecule has 0 aliphatic rings. The molecule has 24 heavy (non-hydrogen) atoms. The first-order valence-electron chi connectivity index (χ1n) is 6.97. The van der Waals surface area contributed by atoms with E-state index in [1.54, 1.807) is 55.0 Å². The summed E-state index contributed by atoms with van der Waals surface area (Å²) in [5, 5.41) is 2.91. The molecule has 122 valence electrons. The Labute approximate surface area is 146 Å². The van der Waals surface area contributed by atoms with E-state index in [2.05, 4.69) is 9.97 Å². The Hall–Kier alpha value is -2.51. The van der Waals surface area contributed by atoms with Crippen LogP contribution < -0.4 is 5.56 Å². The van der Waals surface area contributed by atoms with Gasteiger partial charge in [0.25, 0.3) is 5.56 Å². The third kappa shape index (κ3) is 3.08. The zero-order chi connectivity index (χ0) is 17.3. The van der Waals surface area contributed by atoms with Crippen molar-refractivity contribution in [2.24, 2.45) is 0 Å². The molecule has 0 fully saturated rings. The van der Waals surface area contributed by atoms with Gasteiger partial charge in [0.05, 0.1) is 10.9 Å². The molecule has 0 radical (unpaired) electrons. The maximum Gasteiger partial charge on any atom is 0.265 e. The normalized spacial score (nSPS) is 11.7. The van der Waals surface area contributed by atoms with Gasteiger partial charge in [-0.25, -0.2) is 9.97 Å². The molecule has 0 unspecified atom stereocenters. The number of ketones is 1. The number of hydrogen-bond donors (Lipinski definition) is 0. The van der Waals surface area contributed by atoms with Crippen LogP contribution in [-0.2, 0) is 0 Å². The fourth-order valence-corrected chi connectivity index (χ4v) is 2.94. The first-order chi connectivity index (χ1) is 11.5. The van der Waals surface area contributed by atoms with Crippen LogP contribution in [0, 0.1) is 0 Å². The Kier molecular flexibility index (Phi) is 4.46. The lowest BCUT2D eigenvalue weighted by Crippen LogP contribution is -2.25. The van der Waals surface area contributed by atoms with Crippen LogP contribution >= 0.6 is 22.9 Å². The summed E-state index contributed by atoms with van der Waals surface area (Å²) in [6.45, 7) is 0. The van der Waals surface area contributed by atoms with Crippen molar-refractivity contribution in [3.8, 4) is 0 Å². The van der Waals surface area contributed by atoms with Crippen molar-refractivity contribution >= 4 is 45.3 Å². The highest BCUT2D eigenvalue weighted by molar-refractivity contribution is 7.12. The average molecular weight is 361 g/mol. The lowest BCUT2D eigenvalue weighted by Gasteiger charge is -2.13. The van der Waals surface area contributed by atoms with Crippen LogP contribution in [0.5, 0.6) is 0 Å². The lowest BCUT2D eigenvalue weighted by atomic mass is 10.2. The van der Waals surface area contributed by atoms with Gasteiger partial charge in [0, 0.05) is 36.9 Å². The number of carbonyl (C=O) groups excluding carboxylic acids is 1. The van der Waals surface area contributed by atoms with E-state index in [9.17, 15) is 9.59 Å². The molecule has 0 spiro atoms. The smallest absolute Gasteiger partial charge is 0.265 e. The fraction of sp³-hybridized carbons (Fsp3) is 0.125. The molecule has 6 nitrogen and oxygen atoms in total.